The van der Waals surface area contributed by atoms with Crippen molar-refractivity contribution >= 4 is 22.5 Å². The van der Waals surface area contributed by atoms with Gasteiger partial charge in [-0.25, -0.2) is 4.98 Å². The van der Waals surface area contributed by atoms with Crippen molar-refractivity contribution < 1.29 is 5.11 Å². The first-order chi connectivity index (χ1) is 10.1. The molecule has 106 valence electrons. The molecule has 0 amide bonds. The van der Waals surface area contributed by atoms with Crippen molar-refractivity contribution in [3.63, 3.8) is 0 Å². The number of rotatable bonds is 3. The minimum atomic E-state index is -0.115. The van der Waals surface area contributed by atoms with Gasteiger partial charge in [-0.15, -0.1) is 10.2 Å². The molecular formula is C13H12N6OS. The lowest BCUT2D eigenvalue weighted by Gasteiger charge is -1.98. The fraction of sp³-hybridized carbons (Fsp3) is 0.154. The third kappa shape index (κ3) is 2.65. The fourth-order valence-corrected chi connectivity index (χ4v) is 2.30. The maximum atomic E-state index is 9.81. The molecule has 0 unspecified atom stereocenters. The molecule has 0 saturated carbocycles. The van der Waals surface area contributed by atoms with Crippen molar-refractivity contribution in [1.29, 1.82) is 0 Å². The van der Waals surface area contributed by atoms with Gasteiger partial charge >= 0.3 is 0 Å². The minimum Gasteiger partial charge on any atom is -0.480 e. The van der Waals surface area contributed by atoms with Crippen LogP contribution in [0.2, 0.25) is 0 Å². The van der Waals surface area contributed by atoms with Crippen LogP contribution in [0, 0.1) is 6.92 Å². The average Bonchev–Trinajstić information content (AvgIpc) is 3.03. The second kappa shape index (κ2) is 5.41. The molecule has 0 aliphatic carbocycles. The van der Waals surface area contributed by atoms with Crippen molar-refractivity contribution in [1.82, 2.24) is 18.9 Å². The smallest absolute Gasteiger partial charge is 0.295 e. The Morgan fingerprint density at radius 3 is 2.57 bits per heavy atom. The van der Waals surface area contributed by atoms with E-state index in [-0.39, 0.29) is 6.01 Å². The molecule has 3 aromatic rings. The van der Waals surface area contributed by atoms with Crippen LogP contribution >= 0.6 is 11.5 Å². The van der Waals surface area contributed by atoms with Crippen molar-refractivity contribution in [2.75, 3.05) is 0 Å². The molecule has 0 spiro atoms. The van der Waals surface area contributed by atoms with Gasteiger partial charge in [-0.2, -0.15) is 9.36 Å². The molecule has 8 heteroatoms. The molecule has 0 atom stereocenters. The Hall–Kier alpha value is -2.61. The van der Waals surface area contributed by atoms with Gasteiger partial charge in [0.15, 0.2) is 5.82 Å². The Morgan fingerprint density at radius 2 is 1.90 bits per heavy atom. The summed E-state index contributed by atoms with van der Waals surface area (Å²) in [5.74, 6) is 1.12. The zero-order valence-corrected chi connectivity index (χ0v) is 12.2. The van der Waals surface area contributed by atoms with Crippen molar-refractivity contribution in [2.45, 2.75) is 6.92 Å². The zero-order chi connectivity index (χ0) is 14.8. The van der Waals surface area contributed by atoms with Gasteiger partial charge in [0.1, 0.15) is 11.5 Å². The normalized spacial score (nSPS) is 11.3. The molecule has 0 saturated heterocycles. The van der Waals surface area contributed by atoms with Gasteiger partial charge in [0.2, 0.25) is 5.13 Å². The summed E-state index contributed by atoms with van der Waals surface area (Å²) >= 11 is 1.17. The Bertz CT molecular complexity index is 792. The van der Waals surface area contributed by atoms with E-state index in [2.05, 4.69) is 24.6 Å². The van der Waals surface area contributed by atoms with Crippen LogP contribution in [0.1, 0.15) is 5.82 Å². The van der Waals surface area contributed by atoms with Gasteiger partial charge < -0.3 is 5.11 Å². The summed E-state index contributed by atoms with van der Waals surface area (Å²) in [5, 5.41) is 18.5. The molecule has 3 rings (SSSR count). The van der Waals surface area contributed by atoms with Gasteiger partial charge in [0, 0.05) is 24.1 Å². The van der Waals surface area contributed by atoms with E-state index in [1.165, 1.54) is 16.1 Å². The summed E-state index contributed by atoms with van der Waals surface area (Å²) in [4.78, 5) is 8.25. The van der Waals surface area contributed by atoms with E-state index in [1.807, 2.05) is 30.3 Å². The molecule has 0 aliphatic heterocycles. The number of imidazole rings is 1. The molecule has 0 bridgehead atoms. The highest BCUT2D eigenvalue weighted by molar-refractivity contribution is 7.09. The fourth-order valence-electron chi connectivity index (χ4n) is 1.80. The van der Waals surface area contributed by atoms with Crippen molar-refractivity contribution in [3.8, 4) is 17.3 Å². The first-order valence-corrected chi connectivity index (χ1v) is 6.95. The molecule has 2 aromatic heterocycles. The number of aromatic hydroxyl groups is 1. The van der Waals surface area contributed by atoms with Gasteiger partial charge in [-0.1, -0.05) is 30.3 Å². The molecule has 7 nitrogen and oxygen atoms in total. The number of aryl methyl sites for hydroxylation is 1. The van der Waals surface area contributed by atoms with Crippen molar-refractivity contribution in [2.24, 2.45) is 17.3 Å². The summed E-state index contributed by atoms with van der Waals surface area (Å²) in [7, 11) is 1.68. The number of benzene rings is 1. The third-order valence-corrected chi connectivity index (χ3v) is 3.53. The maximum absolute atomic E-state index is 9.81. The molecule has 0 aliphatic rings. The minimum absolute atomic E-state index is 0.115. The molecule has 2 heterocycles. The molecular weight excluding hydrogens is 288 g/mol. The Kier molecular flexibility index (Phi) is 3.44. The molecule has 0 fully saturated rings. The summed E-state index contributed by atoms with van der Waals surface area (Å²) in [6, 6.07) is 9.39. The topological polar surface area (TPSA) is 88.5 Å². The SMILES string of the molecule is Cc1nsc(/N=N/c2c(-c3ccccc3)nc(O)n2C)n1. The van der Waals surface area contributed by atoms with Crippen LogP contribution in [0.5, 0.6) is 6.01 Å². The van der Waals surface area contributed by atoms with E-state index in [0.29, 0.717) is 22.5 Å². The Morgan fingerprint density at radius 1 is 1.14 bits per heavy atom. The third-order valence-electron chi connectivity index (χ3n) is 2.84. The molecule has 0 radical (unpaired) electrons. The van der Waals surface area contributed by atoms with E-state index in [1.54, 1.807) is 14.0 Å². The standard InChI is InChI=1S/C13H12N6OS/c1-8-14-12(21-18-8)17-16-11-10(15-13(20)19(11)2)9-6-4-3-5-7-9/h3-7H,1-2H3,(H,15,20)/b17-16+. The Labute approximate surface area is 124 Å². The van der Waals surface area contributed by atoms with E-state index in [4.69, 9.17) is 0 Å². The Balaban J connectivity index is 2.04. The highest BCUT2D eigenvalue weighted by Crippen LogP contribution is 2.33. The first-order valence-electron chi connectivity index (χ1n) is 6.18. The monoisotopic (exact) mass is 300 g/mol. The van der Waals surface area contributed by atoms with Crippen LogP contribution < -0.4 is 0 Å². The molecule has 1 N–H and O–H groups in total. The maximum Gasteiger partial charge on any atom is 0.295 e. The summed E-state index contributed by atoms with van der Waals surface area (Å²) in [6.07, 6.45) is 0. The van der Waals surface area contributed by atoms with Crippen LogP contribution in [0.25, 0.3) is 11.3 Å². The van der Waals surface area contributed by atoms with Crippen LogP contribution in [0.15, 0.2) is 40.6 Å². The second-order valence-electron chi connectivity index (χ2n) is 4.33. The lowest BCUT2D eigenvalue weighted by molar-refractivity contribution is 0.413. The van der Waals surface area contributed by atoms with Gasteiger partial charge in [-0.3, -0.25) is 4.57 Å². The van der Waals surface area contributed by atoms with Gasteiger partial charge in [0.05, 0.1) is 0 Å². The lowest BCUT2D eigenvalue weighted by Crippen LogP contribution is -1.85. The van der Waals surface area contributed by atoms with E-state index in [0.717, 1.165) is 5.56 Å². The summed E-state index contributed by atoms with van der Waals surface area (Å²) < 4.78 is 5.51. The van der Waals surface area contributed by atoms with Crippen LogP contribution in [0.4, 0.5) is 10.9 Å². The van der Waals surface area contributed by atoms with Gasteiger partial charge in [0.25, 0.3) is 6.01 Å². The van der Waals surface area contributed by atoms with Gasteiger partial charge in [-0.05, 0) is 6.92 Å². The van der Waals surface area contributed by atoms with Crippen LogP contribution in [-0.4, -0.2) is 24.0 Å². The lowest BCUT2D eigenvalue weighted by atomic mass is 10.1. The van der Waals surface area contributed by atoms with Crippen molar-refractivity contribution in [3.05, 3.63) is 36.2 Å². The number of nitrogens with zero attached hydrogens (tertiary/aromatic N) is 6. The highest BCUT2D eigenvalue weighted by Gasteiger charge is 2.15. The van der Waals surface area contributed by atoms with E-state index in [9.17, 15) is 5.11 Å². The van der Waals surface area contributed by atoms with E-state index >= 15 is 0 Å². The second-order valence-corrected chi connectivity index (χ2v) is 5.06. The zero-order valence-electron chi connectivity index (χ0n) is 11.4. The summed E-state index contributed by atoms with van der Waals surface area (Å²) in [6.45, 7) is 1.79. The largest absolute Gasteiger partial charge is 0.480 e. The molecule has 21 heavy (non-hydrogen) atoms. The molecule has 1 aromatic carbocycles. The average molecular weight is 300 g/mol. The van der Waals surface area contributed by atoms with E-state index < -0.39 is 0 Å². The number of aromatic nitrogens is 4. The first kappa shape index (κ1) is 13.4. The quantitative estimate of drug-likeness (QED) is 0.751. The van der Waals surface area contributed by atoms with Crippen LogP contribution in [-0.2, 0) is 7.05 Å². The number of azo groups is 1. The predicted molar refractivity (Wildman–Crippen MR) is 79.1 cm³/mol. The number of hydrogen-bond donors (Lipinski definition) is 1. The predicted octanol–water partition coefficient (Wildman–Crippen LogP) is 3.37. The number of hydrogen-bond acceptors (Lipinski definition) is 7. The summed E-state index contributed by atoms with van der Waals surface area (Å²) in [5.41, 5.74) is 1.43. The highest BCUT2D eigenvalue weighted by atomic mass is 32.1. The van der Waals surface area contributed by atoms with Crippen LogP contribution in [0.3, 0.4) is 0 Å².